The van der Waals surface area contributed by atoms with Crippen LogP contribution in [0.1, 0.15) is 17.3 Å². The molecular formula is C18H17N5O2S. The van der Waals surface area contributed by atoms with Crippen LogP contribution < -0.4 is 11.1 Å². The second-order valence-electron chi connectivity index (χ2n) is 5.48. The van der Waals surface area contributed by atoms with E-state index < -0.39 is 0 Å². The first kappa shape index (κ1) is 17.7. The van der Waals surface area contributed by atoms with Gasteiger partial charge in [0, 0.05) is 11.3 Å². The summed E-state index contributed by atoms with van der Waals surface area (Å²) in [5.74, 6) is 0.210. The number of para-hydroxylation sites is 1. The van der Waals surface area contributed by atoms with E-state index in [2.05, 4.69) is 15.5 Å². The van der Waals surface area contributed by atoms with E-state index >= 15 is 0 Å². The van der Waals surface area contributed by atoms with Gasteiger partial charge in [-0.3, -0.25) is 14.2 Å². The number of benzene rings is 2. The minimum Gasteiger partial charge on any atom is -0.368 e. The molecule has 1 aromatic heterocycles. The molecule has 1 heterocycles. The molecule has 0 atom stereocenters. The van der Waals surface area contributed by atoms with E-state index in [0.29, 0.717) is 16.4 Å². The number of carbonyl (C=O) groups excluding carboxylic acids is 2. The number of hydrogen-bond acceptors (Lipinski definition) is 6. The number of rotatable bonds is 6. The summed E-state index contributed by atoms with van der Waals surface area (Å²) in [6.45, 7) is 1.50. The molecule has 8 heteroatoms. The van der Waals surface area contributed by atoms with Gasteiger partial charge in [-0.25, -0.2) is 0 Å². The lowest BCUT2D eigenvalue weighted by molar-refractivity contribution is -0.113. The van der Waals surface area contributed by atoms with Crippen LogP contribution in [0.3, 0.4) is 0 Å². The first-order valence-corrected chi connectivity index (χ1v) is 8.83. The van der Waals surface area contributed by atoms with Gasteiger partial charge in [-0.05, 0) is 43.3 Å². The summed E-state index contributed by atoms with van der Waals surface area (Å²) in [7, 11) is 0. The van der Waals surface area contributed by atoms with Crippen LogP contribution in [0.5, 0.6) is 0 Å². The normalized spacial score (nSPS) is 10.5. The summed E-state index contributed by atoms with van der Waals surface area (Å²) in [4.78, 5) is 23.4. The van der Waals surface area contributed by atoms with Gasteiger partial charge in [-0.1, -0.05) is 30.0 Å². The van der Waals surface area contributed by atoms with Gasteiger partial charge >= 0.3 is 0 Å². The van der Waals surface area contributed by atoms with Crippen molar-refractivity contribution in [3.63, 3.8) is 0 Å². The van der Waals surface area contributed by atoms with Gasteiger partial charge in [0.2, 0.25) is 11.9 Å². The predicted molar refractivity (Wildman–Crippen MR) is 102 cm³/mol. The average Bonchev–Trinajstić information content (AvgIpc) is 3.02. The van der Waals surface area contributed by atoms with Crippen LogP contribution in [0.25, 0.3) is 5.69 Å². The number of nitrogens with zero attached hydrogens (tertiary/aromatic N) is 3. The van der Waals surface area contributed by atoms with Crippen LogP contribution >= 0.6 is 11.8 Å². The predicted octanol–water partition coefficient (Wildman–Crippen LogP) is 2.78. The third-order valence-corrected chi connectivity index (χ3v) is 4.51. The van der Waals surface area contributed by atoms with Crippen LogP contribution in [0.4, 0.5) is 11.6 Å². The Labute approximate surface area is 154 Å². The fourth-order valence-corrected chi connectivity index (χ4v) is 3.07. The number of hydrogen-bond donors (Lipinski definition) is 2. The second-order valence-corrected chi connectivity index (χ2v) is 6.42. The number of amides is 1. The van der Waals surface area contributed by atoms with E-state index in [9.17, 15) is 9.59 Å². The van der Waals surface area contributed by atoms with Crippen LogP contribution in [-0.2, 0) is 4.79 Å². The molecule has 2 aromatic carbocycles. The lowest BCUT2D eigenvalue weighted by Crippen LogP contribution is -2.14. The molecule has 3 rings (SSSR count). The quantitative estimate of drug-likeness (QED) is 0.513. The monoisotopic (exact) mass is 367 g/mol. The Morgan fingerprint density at radius 3 is 2.42 bits per heavy atom. The Bertz CT molecular complexity index is 923. The van der Waals surface area contributed by atoms with Gasteiger partial charge < -0.3 is 11.1 Å². The number of carbonyl (C=O) groups is 2. The van der Waals surface area contributed by atoms with Gasteiger partial charge in [0.25, 0.3) is 0 Å². The zero-order valence-corrected chi connectivity index (χ0v) is 14.9. The van der Waals surface area contributed by atoms with E-state index in [4.69, 9.17) is 5.73 Å². The van der Waals surface area contributed by atoms with E-state index in [1.54, 1.807) is 28.8 Å². The summed E-state index contributed by atoms with van der Waals surface area (Å²) in [6, 6.07) is 16.2. The van der Waals surface area contributed by atoms with E-state index in [1.165, 1.54) is 18.7 Å². The molecule has 0 aliphatic carbocycles. The molecule has 1 amide bonds. The molecule has 0 radical (unpaired) electrons. The van der Waals surface area contributed by atoms with Crippen molar-refractivity contribution < 1.29 is 9.59 Å². The van der Waals surface area contributed by atoms with Crippen molar-refractivity contribution in [3.8, 4) is 5.69 Å². The fraction of sp³-hybridized carbons (Fsp3) is 0.111. The van der Waals surface area contributed by atoms with Crippen molar-refractivity contribution in [1.82, 2.24) is 14.8 Å². The smallest absolute Gasteiger partial charge is 0.234 e. The molecule has 0 unspecified atom stereocenters. The van der Waals surface area contributed by atoms with Crippen molar-refractivity contribution in [2.45, 2.75) is 12.1 Å². The Morgan fingerprint density at radius 2 is 1.77 bits per heavy atom. The maximum absolute atomic E-state index is 12.2. The molecule has 132 valence electrons. The fourth-order valence-electron chi connectivity index (χ4n) is 2.31. The van der Waals surface area contributed by atoms with Gasteiger partial charge in [0.1, 0.15) is 0 Å². The van der Waals surface area contributed by atoms with Gasteiger partial charge in [0.05, 0.1) is 11.4 Å². The van der Waals surface area contributed by atoms with Gasteiger partial charge in [-0.2, -0.15) is 0 Å². The van der Waals surface area contributed by atoms with Crippen molar-refractivity contribution in [2.75, 3.05) is 16.8 Å². The summed E-state index contributed by atoms with van der Waals surface area (Å²) in [5, 5.41) is 11.2. The Morgan fingerprint density at radius 1 is 1.08 bits per heavy atom. The lowest BCUT2D eigenvalue weighted by atomic mass is 10.1. The SMILES string of the molecule is CC(=O)c1ccc(NC(=O)CSc2nnc(N)n2-c2ccccc2)cc1. The number of Topliss-reactive ketones (excluding diaryl/α,β-unsaturated/α-hetero) is 1. The topological polar surface area (TPSA) is 103 Å². The summed E-state index contributed by atoms with van der Waals surface area (Å²) in [5.41, 5.74) is 7.95. The standard InChI is InChI=1S/C18H17N5O2S/c1-12(24)13-7-9-14(10-8-13)20-16(25)11-26-18-22-21-17(19)23(18)15-5-3-2-4-6-15/h2-10H,11H2,1H3,(H2,19,21)(H,20,25). The summed E-state index contributed by atoms with van der Waals surface area (Å²) >= 11 is 1.24. The molecule has 3 aromatic rings. The molecular weight excluding hydrogens is 350 g/mol. The number of nitrogens with two attached hydrogens (primary N) is 1. The first-order chi connectivity index (χ1) is 12.5. The van der Waals surface area contributed by atoms with Crippen molar-refractivity contribution in [3.05, 3.63) is 60.2 Å². The Balaban J connectivity index is 1.64. The lowest BCUT2D eigenvalue weighted by Gasteiger charge is -2.08. The minimum atomic E-state index is -0.188. The van der Waals surface area contributed by atoms with Crippen molar-refractivity contribution >= 4 is 35.1 Å². The highest BCUT2D eigenvalue weighted by molar-refractivity contribution is 7.99. The molecule has 0 bridgehead atoms. The van der Waals surface area contributed by atoms with Gasteiger partial charge in [-0.15, -0.1) is 10.2 Å². The number of nitrogens with one attached hydrogen (secondary N) is 1. The van der Waals surface area contributed by atoms with Crippen LogP contribution in [0.15, 0.2) is 59.8 Å². The van der Waals surface area contributed by atoms with Gasteiger partial charge in [0.15, 0.2) is 10.9 Å². The van der Waals surface area contributed by atoms with E-state index in [0.717, 1.165) is 5.69 Å². The number of aromatic nitrogens is 3. The summed E-state index contributed by atoms with van der Waals surface area (Å²) in [6.07, 6.45) is 0. The average molecular weight is 367 g/mol. The zero-order valence-electron chi connectivity index (χ0n) is 14.0. The first-order valence-electron chi connectivity index (χ1n) is 7.84. The molecule has 0 saturated carbocycles. The maximum Gasteiger partial charge on any atom is 0.234 e. The molecule has 3 N–H and O–H groups in total. The van der Waals surface area contributed by atoms with Crippen molar-refractivity contribution in [2.24, 2.45) is 0 Å². The third kappa shape index (κ3) is 4.09. The molecule has 0 saturated heterocycles. The highest BCUT2D eigenvalue weighted by Crippen LogP contribution is 2.23. The van der Waals surface area contributed by atoms with E-state index in [-0.39, 0.29) is 23.4 Å². The number of thioether (sulfide) groups is 1. The minimum absolute atomic E-state index is 0.0173. The number of anilines is 2. The second kappa shape index (κ2) is 7.83. The summed E-state index contributed by atoms with van der Waals surface area (Å²) < 4.78 is 1.69. The molecule has 0 aliphatic heterocycles. The number of nitrogen functional groups attached to an aromatic ring is 1. The highest BCUT2D eigenvalue weighted by Gasteiger charge is 2.14. The van der Waals surface area contributed by atoms with Crippen LogP contribution in [-0.4, -0.2) is 32.2 Å². The number of ketones is 1. The molecule has 0 aliphatic rings. The largest absolute Gasteiger partial charge is 0.368 e. The van der Waals surface area contributed by atoms with E-state index in [1.807, 2.05) is 30.3 Å². The van der Waals surface area contributed by atoms with Crippen LogP contribution in [0.2, 0.25) is 0 Å². The third-order valence-electron chi connectivity index (χ3n) is 3.58. The maximum atomic E-state index is 12.2. The van der Waals surface area contributed by atoms with Crippen LogP contribution in [0, 0.1) is 0 Å². The van der Waals surface area contributed by atoms with Crippen molar-refractivity contribution in [1.29, 1.82) is 0 Å². The highest BCUT2D eigenvalue weighted by atomic mass is 32.2. The molecule has 0 fully saturated rings. The molecule has 0 spiro atoms. The molecule has 26 heavy (non-hydrogen) atoms. The molecule has 7 nitrogen and oxygen atoms in total. The Hall–Kier alpha value is -3.13. The zero-order chi connectivity index (χ0) is 18.5. The Kier molecular flexibility index (Phi) is 5.33.